The van der Waals surface area contributed by atoms with Gasteiger partial charge < -0.3 is 9.47 Å². The number of nitrogens with zero attached hydrogens (tertiary/aromatic N) is 2. The summed E-state index contributed by atoms with van der Waals surface area (Å²) in [4.78, 5) is 32.6. The number of amidine groups is 1. The fourth-order valence-electron chi connectivity index (χ4n) is 4.36. The molecule has 6 nitrogen and oxygen atoms in total. The van der Waals surface area contributed by atoms with E-state index in [1.165, 1.54) is 18.2 Å². The van der Waals surface area contributed by atoms with E-state index in [0.29, 0.717) is 27.7 Å². The first-order chi connectivity index (χ1) is 17.0. The third kappa shape index (κ3) is 6.35. The van der Waals surface area contributed by atoms with Gasteiger partial charge in [0.25, 0.3) is 5.91 Å². The van der Waals surface area contributed by atoms with Crippen molar-refractivity contribution in [1.82, 2.24) is 4.90 Å². The average molecular weight is 558 g/mol. The highest BCUT2D eigenvalue weighted by Crippen LogP contribution is 2.40. The van der Waals surface area contributed by atoms with Crippen molar-refractivity contribution in [3.63, 3.8) is 0 Å². The van der Waals surface area contributed by atoms with Gasteiger partial charge in [0.15, 0.2) is 11.8 Å². The molecule has 0 N–H and O–H groups in total. The van der Waals surface area contributed by atoms with E-state index in [2.05, 4.69) is 22.9 Å². The molecular weight excluding hydrogens is 528 g/mol. The molecule has 1 heterocycles. The van der Waals surface area contributed by atoms with Crippen LogP contribution >= 0.6 is 27.7 Å². The van der Waals surface area contributed by atoms with Gasteiger partial charge in [-0.15, -0.1) is 0 Å². The summed E-state index contributed by atoms with van der Waals surface area (Å²) >= 11 is 4.93. The van der Waals surface area contributed by atoms with Crippen molar-refractivity contribution in [2.75, 3.05) is 13.2 Å². The van der Waals surface area contributed by atoms with E-state index in [-0.39, 0.29) is 18.6 Å². The summed E-state index contributed by atoms with van der Waals surface area (Å²) < 4.78 is 11.1. The van der Waals surface area contributed by atoms with Crippen molar-refractivity contribution >= 4 is 56.5 Å². The Bertz CT molecular complexity index is 1140. The van der Waals surface area contributed by atoms with Crippen molar-refractivity contribution in [2.45, 2.75) is 45.6 Å². The number of hydrogen-bond acceptors (Lipinski definition) is 6. The van der Waals surface area contributed by atoms with Gasteiger partial charge in [0.1, 0.15) is 5.75 Å². The molecular formula is C27H29BrN2O4S. The maximum Gasteiger partial charge on any atom is 0.344 e. The first kappa shape index (κ1) is 25.5. The van der Waals surface area contributed by atoms with Crippen molar-refractivity contribution in [3.8, 4) is 5.75 Å². The highest BCUT2D eigenvalue weighted by Gasteiger charge is 2.41. The second-order valence-corrected chi connectivity index (χ2v) is 10.5. The molecule has 0 spiro atoms. The third-order valence-electron chi connectivity index (χ3n) is 6.12. The molecule has 1 aliphatic carbocycles. The molecule has 0 aromatic heterocycles. The summed E-state index contributed by atoms with van der Waals surface area (Å²) in [5.41, 5.74) is 1.69. The van der Waals surface area contributed by atoms with Crippen LogP contribution in [0.1, 0.15) is 45.1 Å². The standard InChI is InChI=1S/C27H29BrN2O4S/c1-3-33-25(31)17-34-23-14-13-19(15-21(23)28)16-24-26(32)30(22-12-8-7-9-18(22)2)27(35-24)29-20-10-5-4-6-11-20/h4-6,10-11,13-16,18,22H,3,7-9,12,17H2,1-2H3/b24-16-,29-27?/t18-,22+/m1/s1. The number of amides is 1. The van der Waals surface area contributed by atoms with Crippen LogP contribution in [0, 0.1) is 5.92 Å². The highest BCUT2D eigenvalue weighted by atomic mass is 79.9. The van der Waals surface area contributed by atoms with Gasteiger partial charge in [-0.3, -0.25) is 9.69 Å². The van der Waals surface area contributed by atoms with Crippen molar-refractivity contribution in [3.05, 3.63) is 63.5 Å². The Kier molecular flexibility index (Phi) is 8.68. The number of carbonyl (C=O) groups is 2. The summed E-state index contributed by atoms with van der Waals surface area (Å²) in [6.07, 6.45) is 6.34. The fourth-order valence-corrected chi connectivity index (χ4v) is 5.92. The summed E-state index contributed by atoms with van der Waals surface area (Å²) in [5, 5.41) is 0.736. The van der Waals surface area contributed by atoms with Crippen LogP contribution in [0.3, 0.4) is 0 Å². The highest BCUT2D eigenvalue weighted by molar-refractivity contribution is 9.10. The van der Waals surface area contributed by atoms with Crippen molar-refractivity contribution in [2.24, 2.45) is 10.9 Å². The molecule has 2 aromatic carbocycles. The van der Waals surface area contributed by atoms with Crippen LogP contribution < -0.4 is 4.74 Å². The quantitative estimate of drug-likeness (QED) is 0.285. The lowest BCUT2D eigenvalue weighted by molar-refractivity contribution is -0.145. The lowest BCUT2D eigenvalue weighted by atomic mass is 9.85. The monoisotopic (exact) mass is 556 g/mol. The van der Waals surface area contributed by atoms with E-state index in [1.807, 2.05) is 53.4 Å². The molecule has 1 aliphatic heterocycles. The number of hydrogen-bond donors (Lipinski definition) is 0. The number of halogens is 1. The number of thioether (sulfide) groups is 1. The molecule has 8 heteroatoms. The number of para-hydroxylation sites is 1. The Labute approximate surface area is 218 Å². The van der Waals surface area contributed by atoms with Gasteiger partial charge in [0.2, 0.25) is 0 Å². The van der Waals surface area contributed by atoms with Gasteiger partial charge in [-0.1, -0.05) is 44.0 Å². The Morgan fingerprint density at radius 2 is 1.97 bits per heavy atom. The summed E-state index contributed by atoms with van der Waals surface area (Å²) in [5.74, 6) is 0.552. The molecule has 2 aliphatic rings. The van der Waals surface area contributed by atoms with Gasteiger partial charge in [-0.2, -0.15) is 0 Å². The van der Waals surface area contributed by atoms with Gasteiger partial charge in [-0.25, -0.2) is 9.79 Å². The third-order valence-corrected chi connectivity index (χ3v) is 7.72. The topological polar surface area (TPSA) is 68.2 Å². The zero-order valence-electron chi connectivity index (χ0n) is 19.9. The Morgan fingerprint density at radius 1 is 1.20 bits per heavy atom. The van der Waals surface area contributed by atoms with Gasteiger partial charge in [-0.05, 0) is 89.3 Å². The molecule has 1 amide bonds. The van der Waals surface area contributed by atoms with Crippen LogP contribution in [0.5, 0.6) is 5.75 Å². The molecule has 1 saturated heterocycles. The SMILES string of the molecule is CCOC(=O)COc1ccc(/C=C2\SC(=Nc3ccccc3)N([C@H]3CCCC[C@H]3C)C2=O)cc1Br. The van der Waals surface area contributed by atoms with E-state index < -0.39 is 5.97 Å². The molecule has 35 heavy (non-hydrogen) atoms. The molecule has 1 saturated carbocycles. The normalized spacial score (nSPS) is 22.6. The summed E-state index contributed by atoms with van der Waals surface area (Å²) in [6.45, 7) is 4.14. The van der Waals surface area contributed by atoms with E-state index in [9.17, 15) is 9.59 Å². The molecule has 2 aromatic rings. The zero-order valence-corrected chi connectivity index (χ0v) is 22.3. The van der Waals surface area contributed by atoms with Crippen LogP contribution in [0.2, 0.25) is 0 Å². The number of aliphatic imine (C=N–C) groups is 1. The second kappa shape index (κ2) is 11.9. The minimum Gasteiger partial charge on any atom is -0.481 e. The molecule has 4 rings (SSSR count). The Hall–Kier alpha value is -2.58. The Balaban J connectivity index is 1.59. The maximum atomic E-state index is 13.6. The summed E-state index contributed by atoms with van der Waals surface area (Å²) in [7, 11) is 0. The zero-order chi connectivity index (χ0) is 24.8. The molecule has 0 unspecified atom stereocenters. The van der Waals surface area contributed by atoms with E-state index in [1.54, 1.807) is 13.0 Å². The van der Waals surface area contributed by atoms with E-state index in [4.69, 9.17) is 14.5 Å². The van der Waals surface area contributed by atoms with E-state index in [0.717, 1.165) is 35.7 Å². The average Bonchev–Trinajstić information content (AvgIpc) is 3.14. The molecule has 2 atom stereocenters. The molecule has 184 valence electrons. The lowest BCUT2D eigenvalue weighted by Crippen LogP contribution is -2.44. The van der Waals surface area contributed by atoms with Crippen LogP contribution in [0.25, 0.3) is 6.08 Å². The second-order valence-electron chi connectivity index (χ2n) is 8.63. The van der Waals surface area contributed by atoms with Crippen LogP contribution in [0.15, 0.2) is 62.9 Å². The Morgan fingerprint density at radius 3 is 2.69 bits per heavy atom. The first-order valence-electron chi connectivity index (χ1n) is 11.9. The number of esters is 1. The van der Waals surface area contributed by atoms with Crippen LogP contribution in [-0.4, -0.2) is 41.2 Å². The first-order valence-corrected chi connectivity index (χ1v) is 13.5. The molecule has 0 bridgehead atoms. The number of rotatable bonds is 7. The minimum atomic E-state index is -0.416. The predicted molar refractivity (Wildman–Crippen MR) is 144 cm³/mol. The van der Waals surface area contributed by atoms with Crippen molar-refractivity contribution in [1.29, 1.82) is 0 Å². The lowest BCUT2D eigenvalue weighted by Gasteiger charge is -2.35. The fraction of sp³-hybridized carbons (Fsp3) is 0.370. The van der Waals surface area contributed by atoms with Gasteiger partial charge in [0, 0.05) is 6.04 Å². The predicted octanol–water partition coefficient (Wildman–Crippen LogP) is 6.57. The smallest absolute Gasteiger partial charge is 0.344 e. The molecule has 2 fully saturated rings. The van der Waals surface area contributed by atoms with Crippen LogP contribution in [0.4, 0.5) is 5.69 Å². The maximum absolute atomic E-state index is 13.6. The largest absolute Gasteiger partial charge is 0.481 e. The van der Waals surface area contributed by atoms with E-state index >= 15 is 0 Å². The van der Waals surface area contributed by atoms with Crippen molar-refractivity contribution < 1.29 is 19.1 Å². The van der Waals surface area contributed by atoms with Gasteiger partial charge in [0.05, 0.1) is 21.7 Å². The minimum absolute atomic E-state index is 0.00203. The van der Waals surface area contributed by atoms with Crippen LogP contribution in [-0.2, 0) is 14.3 Å². The number of carbonyl (C=O) groups excluding carboxylic acids is 2. The molecule has 0 radical (unpaired) electrons. The number of ether oxygens (including phenoxy) is 2. The number of benzene rings is 2. The summed E-state index contributed by atoms with van der Waals surface area (Å²) in [6, 6.07) is 15.4. The van der Waals surface area contributed by atoms with Gasteiger partial charge >= 0.3 is 5.97 Å².